The van der Waals surface area contributed by atoms with Crippen molar-refractivity contribution >= 4 is 35.8 Å². The van der Waals surface area contributed by atoms with Gasteiger partial charge in [0.25, 0.3) is 5.91 Å². The van der Waals surface area contributed by atoms with Crippen molar-refractivity contribution in [2.75, 3.05) is 47.9 Å². The van der Waals surface area contributed by atoms with E-state index in [9.17, 15) is 4.79 Å². The predicted molar refractivity (Wildman–Crippen MR) is 124 cm³/mol. The molecule has 0 aliphatic carbocycles. The topological polar surface area (TPSA) is 88.3 Å². The smallest absolute Gasteiger partial charge is 0.287 e. The molecular weight excluding hydrogens is 487 g/mol. The van der Waals surface area contributed by atoms with Gasteiger partial charge in [0.1, 0.15) is 0 Å². The fourth-order valence-corrected chi connectivity index (χ4v) is 2.67. The van der Waals surface area contributed by atoms with Gasteiger partial charge in [-0.3, -0.25) is 9.79 Å². The molecule has 2 rings (SSSR count). The largest absolute Gasteiger partial charge is 0.493 e. The van der Waals surface area contributed by atoms with Crippen molar-refractivity contribution in [2.45, 2.75) is 6.42 Å². The molecular formula is C20H29IN4O4. The molecule has 0 saturated heterocycles. The molecule has 0 spiro atoms. The molecule has 1 heterocycles. The zero-order valence-electron chi connectivity index (χ0n) is 17.2. The SMILES string of the molecule is CN=C(NCCNC(=O)c1ccco1)N(C)CCc1ccc(OC)c(OC)c1.I. The van der Waals surface area contributed by atoms with Crippen molar-refractivity contribution in [3.05, 3.63) is 47.9 Å². The van der Waals surface area contributed by atoms with Crippen LogP contribution >= 0.6 is 24.0 Å². The van der Waals surface area contributed by atoms with Gasteiger partial charge in [-0.05, 0) is 36.2 Å². The number of rotatable bonds is 9. The summed E-state index contributed by atoms with van der Waals surface area (Å²) in [6.07, 6.45) is 2.30. The van der Waals surface area contributed by atoms with Gasteiger partial charge in [-0.1, -0.05) is 6.07 Å². The highest BCUT2D eigenvalue weighted by atomic mass is 127. The number of methoxy groups -OCH3 is 2. The number of likely N-dealkylation sites (N-methyl/N-ethyl adjacent to an activating group) is 1. The Hall–Kier alpha value is -2.43. The second kappa shape index (κ2) is 12.9. The average molecular weight is 516 g/mol. The zero-order chi connectivity index (χ0) is 20.4. The number of guanidine groups is 1. The number of halogens is 1. The molecule has 9 heteroatoms. The van der Waals surface area contributed by atoms with E-state index in [1.165, 1.54) is 6.26 Å². The van der Waals surface area contributed by atoms with Gasteiger partial charge < -0.3 is 29.4 Å². The Morgan fingerprint density at radius 2 is 1.86 bits per heavy atom. The van der Waals surface area contributed by atoms with Crippen LogP contribution in [0, 0.1) is 0 Å². The first-order valence-electron chi connectivity index (χ1n) is 9.03. The Morgan fingerprint density at radius 1 is 1.14 bits per heavy atom. The van der Waals surface area contributed by atoms with Crippen LogP contribution in [-0.2, 0) is 6.42 Å². The van der Waals surface area contributed by atoms with Gasteiger partial charge in [-0.25, -0.2) is 0 Å². The lowest BCUT2D eigenvalue weighted by atomic mass is 10.1. The standard InChI is InChI=1S/C20H28N4O4.HI/c1-21-20(23-11-10-22-19(25)17-6-5-13-28-17)24(2)12-9-15-7-8-16(26-3)18(14-15)27-4;/h5-8,13-14H,9-12H2,1-4H3,(H,21,23)(H,22,25);1H. The van der Waals surface area contributed by atoms with E-state index >= 15 is 0 Å². The average Bonchev–Trinajstić information content (AvgIpc) is 3.26. The summed E-state index contributed by atoms with van der Waals surface area (Å²) in [7, 11) is 6.95. The van der Waals surface area contributed by atoms with Crippen LogP contribution in [0.3, 0.4) is 0 Å². The molecule has 8 nitrogen and oxygen atoms in total. The van der Waals surface area contributed by atoms with Gasteiger partial charge in [-0.2, -0.15) is 0 Å². The number of hydrogen-bond acceptors (Lipinski definition) is 5. The van der Waals surface area contributed by atoms with Crippen LogP contribution in [0.25, 0.3) is 0 Å². The number of aliphatic imine (C=N–C) groups is 1. The van der Waals surface area contributed by atoms with Gasteiger partial charge in [0.05, 0.1) is 20.5 Å². The molecule has 160 valence electrons. The van der Waals surface area contributed by atoms with Gasteiger partial charge in [-0.15, -0.1) is 24.0 Å². The number of nitrogens with zero attached hydrogens (tertiary/aromatic N) is 2. The van der Waals surface area contributed by atoms with Crippen LogP contribution in [0.4, 0.5) is 0 Å². The van der Waals surface area contributed by atoms with E-state index in [2.05, 4.69) is 15.6 Å². The van der Waals surface area contributed by atoms with E-state index in [1.54, 1.807) is 33.4 Å². The third kappa shape index (κ3) is 7.48. The lowest BCUT2D eigenvalue weighted by molar-refractivity contribution is 0.0926. The first-order valence-corrected chi connectivity index (χ1v) is 9.03. The Bertz CT molecular complexity index is 781. The predicted octanol–water partition coefficient (Wildman–Crippen LogP) is 2.39. The number of carbonyl (C=O) groups is 1. The number of benzene rings is 1. The molecule has 0 bridgehead atoms. The number of furan rings is 1. The number of ether oxygens (including phenoxy) is 2. The minimum absolute atomic E-state index is 0. The number of hydrogen-bond donors (Lipinski definition) is 2. The van der Waals surface area contributed by atoms with E-state index in [1.807, 2.05) is 30.1 Å². The third-order valence-corrected chi connectivity index (χ3v) is 4.20. The monoisotopic (exact) mass is 516 g/mol. The highest BCUT2D eigenvalue weighted by molar-refractivity contribution is 14.0. The zero-order valence-corrected chi connectivity index (χ0v) is 19.6. The number of carbonyl (C=O) groups excluding carboxylic acids is 1. The van der Waals surface area contributed by atoms with Crippen LogP contribution < -0.4 is 20.1 Å². The summed E-state index contributed by atoms with van der Waals surface area (Å²) in [6.45, 7) is 1.79. The summed E-state index contributed by atoms with van der Waals surface area (Å²) >= 11 is 0. The second-order valence-corrected chi connectivity index (χ2v) is 6.07. The number of amides is 1. The van der Waals surface area contributed by atoms with Crippen molar-refractivity contribution in [3.8, 4) is 11.5 Å². The normalized spacial score (nSPS) is 10.7. The maximum atomic E-state index is 11.8. The van der Waals surface area contributed by atoms with Gasteiger partial charge >= 0.3 is 0 Å². The molecule has 0 saturated carbocycles. The van der Waals surface area contributed by atoms with Crippen LogP contribution in [-0.4, -0.2) is 64.7 Å². The molecule has 0 aliphatic rings. The van der Waals surface area contributed by atoms with Crippen molar-refractivity contribution in [1.29, 1.82) is 0 Å². The van der Waals surface area contributed by atoms with Crippen molar-refractivity contribution < 1.29 is 18.7 Å². The van der Waals surface area contributed by atoms with E-state index in [4.69, 9.17) is 13.9 Å². The van der Waals surface area contributed by atoms with Crippen LogP contribution in [0.1, 0.15) is 16.1 Å². The lowest BCUT2D eigenvalue weighted by Gasteiger charge is -2.22. The van der Waals surface area contributed by atoms with Gasteiger partial charge in [0.15, 0.2) is 23.2 Å². The molecule has 0 fully saturated rings. The fraction of sp³-hybridized carbons (Fsp3) is 0.400. The Balaban J connectivity index is 0.00000420. The lowest BCUT2D eigenvalue weighted by Crippen LogP contribution is -2.43. The molecule has 29 heavy (non-hydrogen) atoms. The summed E-state index contributed by atoms with van der Waals surface area (Å²) < 4.78 is 15.7. The van der Waals surface area contributed by atoms with Crippen LogP contribution in [0.15, 0.2) is 46.0 Å². The quantitative estimate of drug-likeness (QED) is 0.231. The second-order valence-electron chi connectivity index (χ2n) is 6.07. The molecule has 0 unspecified atom stereocenters. The summed E-state index contributed by atoms with van der Waals surface area (Å²) in [5.74, 6) is 2.26. The maximum Gasteiger partial charge on any atom is 0.287 e. The van der Waals surface area contributed by atoms with E-state index in [0.717, 1.165) is 30.2 Å². The Morgan fingerprint density at radius 3 is 2.48 bits per heavy atom. The highest BCUT2D eigenvalue weighted by Crippen LogP contribution is 2.27. The molecule has 2 N–H and O–H groups in total. The van der Waals surface area contributed by atoms with Crippen LogP contribution in [0.2, 0.25) is 0 Å². The van der Waals surface area contributed by atoms with E-state index in [-0.39, 0.29) is 29.9 Å². The molecule has 1 aromatic carbocycles. The molecule has 1 aromatic heterocycles. The highest BCUT2D eigenvalue weighted by Gasteiger charge is 2.10. The maximum absolute atomic E-state index is 11.8. The summed E-state index contributed by atoms with van der Waals surface area (Å²) in [5.41, 5.74) is 1.14. The molecule has 0 aliphatic heterocycles. The Labute approximate surface area is 188 Å². The van der Waals surface area contributed by atoms with E-state index < -0.39 is 0 Å². The fourth-order valence-electron chi connectivity index (χ4n) is 2.67. The number of nitrogens with one attached hydrogen (secondary N) is 2. The van der Waals surface area contributed by atoms with Crippen molar-refractivity contribution in [2.24, 2.45) is 4.99 Å². The molecule has 0 radical (unpaired) electrons. The summed E-state index contributed by atoms with van der Waals surface area (Å²) in [5, 5.41) is 6.02. The van der Waals surface area contributed by atoms with Gasteiger partial charge in [0, 0.05) is 33.7 Å². The molecule has 2 aromatic rings. The molecule has 0 atom stereocenters. The first kappa shape index (κ1) is 24.6. The minimum atomic E-state index is -0.233. The first-order chi connectivity index (χ1) is 13.6. The Kier molecular flexibility index (Phi) is 11.0. The van der Waals surface area contributed by atoms with Crippen LogP contribution in [0.5, 0.6) is 11.5 Å². The third-order valence-electron chi connectivity index (χ3n) is 4.20. The van der Waals surface area contributed by atoms with Crippen molar-refractivity contribution in [1.82, 2.24) is 15.5 Å². The summed E-state index contributed by atoms with van der Waals surface area (Å²) in [6, 6.07) is 9.22. The minimum Gasteiger partial charge on any atom is -0.493 e. The van der Waals surface area contributed by atoms with Crippen molar-refractivity contribution in [3.63, 3.8) is 0 Å². The van der Waals surface area contributed by atoms with Gasteiger partial charge in [0.2, 0.25) is 0 Å². The summed E-state index contributed by atoms with van der Waals surface area (Å²) in [4.78, 5) is 18.1. The molecule has 1 amide bonds. The van der Waals surface area contributed by atoms with E-state index in [0.29, 0.717) is 24.6 Å².